The summed E-state index contributed by atoms with van der Waals surface area (Å²) in [6.07, 6.45) is 8.21. The number of carbonyl (C=O) groups is 2. The van der Waals surface area contributed by atoms with Crippen LogP contribution in [0.25, 0.3) is 0 Å². The predicted molar refractivity (Wildman–Crippen MR) is 79.5 cm³/mol. The van der Waals surface area contributed by atoms with E-state index in [4.69, 9.17) is 5.11 Å². The molecule has 1 rings (SSSR count). The quantitative estimate of drug-likeness (QED) is 0.671. The SMILES string of the molecule is CC1(C)CCCCC1CC(=O)NCCCCCC(=O)O. The molecule has 0 heterocycles. The first kappa shape index (κ1) is 17.0. The van der Waals surface area contributed by atoms with Crippen molar-refractivity contribution in [3.05, 3.63) is 0 Å². The van der Waals surface area contributed by atoms with Crippen LogP contribution in [0.15, 0.2) is 0 Å². The smallest absolute Gasteiger partial charge is 0.303 e. The van der Waals surface area contributed by atoms with Gasteiger partial charge in [0.25, 0.3) is 0 Å². The molecule has 20 heavy (non-hydrogen) atoms. The topological polar surface area (TPSA) is 66.4 Å². The maximum atomic E-state index is 11.9. The summed E-state index contributed by atoms with van der Waals surface area (Å²) >= 11 is 0. The molecule has 0 aromatic carbocycles. The Balaban J connectivity index is 2.12. The Morgan fingerprint density at radius 3 is 2.60 bits per heavy atom. The third-order valence-electron chi connectivity index (χ3n) is 4.55. The Hall–Kier alpha value is -1.06. The number of carbonyl (C=O) groups excluding carboxylic acids is 1. The number of hydrogen-bond acceptors (Lipinski definition) is 2. The van der Waals surface area contributed by atoms with Crippen molar-refractivity contribution in [2.75, 3.05) is 6.54 Å². The molecule has 1 aliphatic rings. The van der Waals surface area contributed by atoms with Crippen LogP contribution in [0.2, 0.25) is 0 Å². The number of rotatable bonds is 8. The van der Waals surface area contributed by atoms with Crippen molar-refractivity contribution in [2.24, 2.45) is 11.3 Å². The fraction of sp³-hybridized carbons (Fsp3) is 0.875. The first-order valence-electron chi connectivity index (χ1n) is 7.90. The lowest BCUT2D eigenvalue weighted by molar-refractivity contribution is -0.137. The van der Waals surface area contributed by atoms with Crippen LogP contribution in [0, 0.1) is 11.3 Å². The highest BCUT2D eigenvalue weighted by Gasteiger charge is 2.33. The molecule has 0 saturated heterocycles. The molecular weight excluding hydrogens is 254 g/mol. The molecule has 0 spiro atoms. The van der Waals surface area contributed by atoms with Gasteiger partial charge in [0.2, 0.25) is 5.91 Å². The van der Waals surface area contributed by atoms with Crippen LogP contribution in [0.5, 0.6) is 0 Å². The lowest BCUT2D eigenvalue weighted by Crippen LogP contribution is -2.34. The Labute approximate surface area is 122 Å². The molecule has 0 bridgehead atoms. The minimum atomic E-state index is -0.742. The summed E-state index contributed by atoms with van der Waals surface area (Å²) in [5.74, 6) is -0.0833. The molecule has 0 radical (unpaired) electrons. The molecule has 0 aromatic heterocycles. The average Bonchev–Trinajstić information content (AvgIpc) is 2.36. The largest absolute Gasteiger partial charge is 0.481 e. The van der Waals surface area contributed by atoms with Gasteiger partial charge in [-0.2, -0.15) is 0 Å². The van der Waals surface area contributed by atoms with E-state index in [0.717, 1.165) is 12.8 Å². The second-order valence-electron chi connectivity index (χ2n) is 6.69. The molecule has 0 aliphatic heterocycles. The van der Waals surface area contributed by atoms with E-state index < -0.39 is 5.97 Å². The number of hydrogen-bond donors (Lipinski definition) is 2. The van der Waals surface area contributed by atoms with E-state index in [1.807, 2.05) is 0 Å². The third kappa shape index (κ3) is 6.40. The molecule has 1 unspecified atom stereocenters. The van der Waals surface area contributed by atoms with Crippen molar-refractivity contribution in [1.82, 2.24) is 5.32 Å². The van der Waals surface area contributed by atoms with Crippen LogP contribution in [0.1, 0.15) is 71.6 Å². The number of unbranched alkanes of at least 4 members (excludes halogenated alkanes) is 2. The van der Waals surface area contributed by atoms with Gasteiger partial charge in [-0.3, -0.25) is 9.59 Å². The molecule has 1 amide bonds. The van der Waals surface area contributed by atoms with Gasteiger partial charge < -0.3 is 10.4 Å². The number of amides is 1. The van der Waals surface area contributed by atoms with Crippen LogP contribution in [-0.4, -0.2) is 23.5 Å². The van der Waals surface area contributed by atoms with Gasteiger partial charge in [0.05, 0.1) is 0 Å². The van der Waals surface area contributed by atoms with Gasteiger partial charge in [0.1, 0.15) is 0 Å². The zero-order valence-electron chi connectivity index (χ0n) is 12.9. The minimum Gasteiger partial charge on any atom is -0.481 e. The highest BCUT2D eigenvalue weighted by molar-refractivity contribution is 5.76. The van der Waals surface area contributed by atoms with Crippen LogP contribution in [0.3, 0.4) is 0 Å². The van der Waals surface area contributed by atoms with Gasteiger partial charge in [-0.1, -0.05) is 33.1 Å². The third-order valence-corrected chi connectivity index (χ3v) is 4.55. The van der Waals surface area contributed by atoms with Crippen molar-refractivity contribution in [2.45, 2.75) is 71.6 Å². The van der Waals surface area contributed by atoms with Gasteiger partial charge in [0, 0.05) is 19.4 Å². The van der Waals surface area contributed by atoms with Gasteiger partial charge in [-0.05, 0) is 37.0 Å². The summed E-state index contributed by atoms with van der Waals surface area (Å²) in [4.78, 5) is 22.3. The van der Waals surface area contributed by atoms with Crippen LogP contribution >= 0.6 is 0 Å². The van der Waals surface area contributed by atoms with Crippen molar-refractivity contribution in [1.29, 1.82) is 0 Å². The van der Waals surface area contributed by atoms with Crippen molar-refractivity contribution < 1.29 is 14.7 Å². The van der Waals surface area contributed by atoms with Crippen LogP contribution in [0.4, 0.5) is 0 Å². The van der Waals surface area contributed by atoms with Crippen LogP contribution < -0.4 is 5.32 Å². The number of aliphatic carboxylic acids is 1. The number of carboxylic acid groups (broad SMARTS) is 1. The monoisotopic (exact) mass is 283 g/mol. The Bertz CT molecular complexity index is 326. The minimum absolute atomic E-state index is 0.156. The number of carboxylic acids is 1. The Kier molecular flexibility index (Phi) is 7.03. The van der Waals surface area contributed by atoms with E-state index in [0.29, 0.717) is 25.3 Å². The van der Waals surface area contributed by atoms with E-state index >= 15 is 0 Å². The van der Waals surface area contributed by atoms with E-state index in [-0.39, 0.29) is 17.7 Å². The van der Waals surface area contributed by atoms with Crippen molar-refractivity contribution in [3.63, 3.8) is 0 Å². The van der Waals surface area contributed by atoms with Crippen LogP contribution in [-0.2, 0) is 9.59 Å². The first-order valence-corrected chi connectivity index (χ1v) is 7.90. The second kappa shape index (κ2) is 8.28. The fourth-order valence-electron chi connectivity index (χ4n) is 3.05. The molecular formula is C16H29NO3. The summed E-state index contributed by atoms with van der Waals surface area (Å²) < 4.78 is 0. The Morgan fingerprint density at radius 2 is 1.95 bits per heavy atom. The van der Waals surface area contributed by atoms with Crippen molar-refractivity contribution >= 4 is 11.9 Å². The summed E-state index contributed by atoms with van der Waals surface area (Å²) in [5, 5.41) is 11.5. The molecule has 2 N–H and O–H groups in total. The standard InChI is InChI=1S/C16H29NO3/c1-16(2)10-6-5-8-13(16)12-14(18)17-11-7-3-4-9-15(19)20/h13H,3-12H2,1-2H3,(H,17,18)(H,19,20). The summed E-state index contributed by atoms with van der Waals surface area (Å²) in [6.45, 7) is 5.22. The average molecular weight is 283 g/mol. The molecule has 116 valence electrons. The highest BCUT2D eigenvalue weighted by atomic mass is 16.4. The summed E-state index contributed by atoms with van der Waals surface area (Å²) in [7, 11) is 0. The fourth-order valence-corrected chi connectivity index (χ4v) is 3.05. The van der Waals surface area contributed by atoms with Gasteiger partial charge >= 0.3 is 5.97 Å². The van der Waals surface area contributed by atoms with Crippen molar-refractivity contribution in [3.8, 4) is 0 Å². The highest BCUT2D eigenvalue weighted by Crippen LogP contribution is 2.42. The van der Waals surface area contributed by atoms with E-state index in [1.54, 1.807) is 0 Å². The maximum absolute atomic E-state index is 11.9. The summed E-state index contributed by atoms with van der Waals surface area (Å²) in [5.41, 5.74) is 0.289. The molecule has 4 heteroatoms. The Morgan fingerprint density at radius 1 is 1.20 bits per heavy atom. The summed E-state index contributed by atoms with van der Waals surface area (Å²) in [6, 6.07) is 0. The second-order valence-corrected chi connectivity index (χ2v) is 6.69. The lowest BCUT2D eigenvalue weighted by atomic mass is 9.67. The van der Waals surface area contributed by atoms with E-state index in [2.05, 4.69) is 19.2 Å². The molecule has 1 saturated carbocycles. The van der Waals surface area contributed by atoms with E-state index in [1.165, 1.54) is 25.7 Å². The first-order chi connectivity index (χ1) is 9.42. The molecule has 1 atom stereocenters. The van der Waals surface area contributed by atoms with Gasteiger partial charge in [-0.25, -0.2) is 0 Å². The molecule has 1 aliphatic carbocycles. The van der Waals surface area contributed by atoms with Gasteiger partial charge in [0.15, 0.2) is 0 Å². The normalized spacial score (nSPS) is 21.4. The molecule has 4 nitrogen and oxygen atoms in total. The lowest BCUT2D eigenvalue weighted by Gasteiger charge is -2.38. The predicted octanol–water partition coefficient (Wildman–Crippen LogP) is 3.35. The molecule has 0 aromatic rings. The zero-order valence-corrected chi connectivity index (χ0v) is 12.9. The van der Waals surface area contributed by atoms with Gasteiger partial charge in [-0.15, -0.1) is 0 Å². The maximum Gasteiger partial charge on any atom is 0.303 e. The zero-order chi connectivity index (χ0) is 15.0. The number of nitrogens with one attached hydrogen (secondary N) is 1. The molecule has 1 fully saturated rings. The van der Waals surface area contributed by atoms with E-state index in [9.17, 15) is 9.59 Å².